The first kappa shape index (κ1) is 17.7. The molecule has 3 heterocycles. The summed E-state index contributed by atoms with van der Waals surface area (Å²) in [5.41, 5.74) is 7.76. The van der Waals surface area contributed by atoms with Gasteiger partial charge in [-0.05, 0) is 18.2 Å². The summed E-state index contributed by atoms with van der Waals surface area (Å²) < 4.78 is 5.34. The van der Waals surface area contributed by atoms with Crippen molar-refractivity contribution in [3.63, 3.8) is 0 Å². The number of nitrogens with two attached hydrogens (primary N) is 1. The molecule has 136 valence electrons. The largest absolute Gasteiger partial charge is 0.496 e. The summed E-state index contributed by atoms with van der Waals surface area (Å²) >= 11 is 0. The number of nitrogen functional groups attached to an aromatic ring is 1. The highest BCUT2D eigenvalue weighted by atomic mass is 16.5. The zero-order valence-corrected chi connectivity index (χ0v) is 14.8. The molecule has 2 amide bonds. The van der Waals surface area contributed by atoms with Crippen molar-refractivity contribution in [2.75, 3.05) is 39.0 Å². The minimum Gasteiger partial charge on any atom is -0.496 e. The summed E-state index contributed by atoms with van der Waals surface area (Å²) in [6.45, 7) is 3.47. The van der Waals surface area contributed by atoms with Crippen molar-refractivity contribution in [3.05, 3.63) is 36.3 Å². The molecule has 8 nitrogen and oxygen atoms in total. The fourth-order valence-electron chi connectivity index (χ4n) is 2.92. The van der Waals surface area contributed by atoms with E-state index in [4.69, 9.17) is 10.5 Å². The Hall–Kier alpha value is -3.16. The lowest BCUT2D eigenvalue weighted by atomic mass is 10.1. The van der Waals surface area contributed by atoms with Gasteiger partial charge in [-0.15, -0.1) is 0 Å². The number of hydrogen-bond acceptors (Lipinski definition) is 6. The van der Waals surface area contributed by atoms with Crippen LogP contribution < -0.4 is 10.5 Å². The van der Waals surface area contributed by atoms with Gasteiger partial charge in [0.2, 0.25) is 5.91 Å². The Bertz CT molecular complexity index is 831. The summed E-state index contributed by atoms with van der Waals surface area (Å²) in [6.07, 6.45) is 3.26. The first-order valence-electron chi connectivity index (χ1n) is 8.31. The predicted octanol–water partition coefficient (Wildman–Crippen LogP) is 1.04. The Morgan fingerprint density at radius 1 is 1.12 bits per heavy atom. The van der Waals surface area contributed by atoms with Crippen LogP contribution in [0.1, 0.15) is 17.4 Å². The average Bonchev–Trinajstić information content (AvgIpc) is 2.68. The second-order valence-electron chi connectivity index (χ2n) is 6.01. The van der Waals surface area contributed by atoms with E-state index < -0.39 is 0 Å². The first-order chi connectivity index (χ1) is 12.5. The van der Waals surface area contributed by atoms with Gasteiger partial charge in [0.1, 0.15) is 5.75 Å². The molecular weight excluding hydrogens is 334 g/mol. The molecule has 1 saturated heterocycles. The molecule has 26 heavy (non-hydrogen) atoms. The van der Waals surface area contributed by atoms with Gasteiger partial charge in [-0.3, -0.25) is 14.6 Å². The third kappa shape index (κ3) is 3.44. The minimum absolute atomic E-state index is 0.0143. The normalized spacial score (nSPS) is 14.2. The van der Waals surface area contributed by atoms with Gasteiger partial charge in [0, 0.05) is 45.5 Å². The Labute approximate surface area is 151 Å². The number of ether oxygens (including phenoxy) is 1. The van der Waals surface area contributed by atoms with Gasteiger partial charge in [0.15, 0.2) is 5.69 Å². The number of piperazine rings is 1. The molecule has 0 aliphatic carbocycles. The van der Waals surface area contributed by atoms with Crippen molar-refractivity contribution >= 4 is 17.5 Å². The van der Waals surface area contributed by atoms with E-state index in [0.717, 1.165) is 0 Å². The van der Waals surface area contributed by atoms with Gasteiger partial charge >= 0.3 is 0 Å². The van der Waals surface area contributed by atoms with Crippen molar-refractivity contribution in [1.29, 1.82) is 0 Å². The Kier molecular flexibility index (Phi) is 5.01. The van der Waals surface area contributed by atoms with Crippen LogP contribution in [0.25, 0.3) is 11.3 Å². The lowest BCUT2D eigenvalue weighted by Gasteiger charge is -2.34. The first-order valence-corrected chi connectivity index (χ1v) is 8.31. The quantitative estimate of drug-likeness (QED) is 0.883. The molecule has 0 spiro atoms. The summed E-state index contributed by atoms with van der Waals surface area (Å²) in [5, 5.41) is 0. The molecule has 1 fully saturated rings. The second kappa shape index (κ2) is 7.38. The average molecular weight is 355 g/mol. The number of amides is 2. The fraction of sp³-hybridized carbons (Fsp3) is 0.333. The SMILES string of the molecule is COc1ccncc1-c1ccc(N)c(C(=O)N2CCN(C(C)=O)CC2)n1. The van der Waals surface area contributed by atoms with Crippen LogP contribution in [0.4, 0.5) is 5.69 Å². The summed E-state index contributed by atoms with van der Waals surface area (Å²) in [6, 6.07) is 5.13. The maximum absolute atomic E-state index is 12.9. The van der Waals surface area contributed by atoms with E-state index in [1.807, 2.05) is 0 Å². The molecule has 3 rings (SSSR count). The Balaban J connectivity index is 1.86. The van der Waals surface area contributed by atoms with Crippen molar-refractivity contribution < 1.29 is 14.3 Å². The molecule has 1 aliphatic rings. The highest BCUT2D eigenvalue weighted by Gasteiger charge is 2.26. The molecule has 2 aromatic heterocycles. The van der Waals surface area contributed by atoms with Crippen LogP contribution in [0.3, 0.4) is 0 Å². The fourth-order valence-corrected chi connectivity index (χ4v) is 2.92. The molecule has 1 aliphatic heterocycles. The van der Waals surface area contributed by atoms with Gasteiger partial charge in [-0.1, -0.05) is 0 Å². The zero-order chi connectivity index (χ0) is 18.7. The molecule has 0 saturated carbocycles. The van der Waals surface area contributed by atoms with Gasteiger partial charge in [0.25, 0.3) is 5.91 Å². The van der Waals surface area contributed by atoms with E-state index in [0.29, 0.717) is 48.9 Å². The van der Waals surface area contributed by atoms with Gasteiger partial charge < -0.3 is 20.3 Å². The monoisotopic (exact) mass is 355 g/mol. The van der Waals surface area contributed by atoms with Crippen LogP contribution in [-0.4, -0.2) is 64.9 Å². The lowest BCUT2D eigenvalue weighted by molar-refractivity contribution is -0.130. The van der Waals surface area contributed by atoms with Crippen LogP contribution in [0.15, 0.2) is 30.6 Å². The van der Waals surface area contributed by atoms with Crippen molar-refractivity contribution in [2.24, 2.45) is 0 Å². The second-order valence-corrected chi connectivity index (χ2v) is 6.01. The summed E-state index contributed by atoms with van der Waals surface area (Å²) in [5.74, 6) is 0.390. The molecular formula is C18H21N5O3. The van der Waals surface area contributed by atoms with Crippen molar-refractivity contribution in [1.82, 2.24) is 19.8 Å². The number of rotatable bonds is 3. The van der Waals surface area contributed by atoms with Crippen LogP contribution in [-0.2, 0) is 4.79 Å². The maximum Gasteiger partial charge on any atom is 0.274 e. The van der Waals surface area contributed by atoms with Gasteiger partial charge in [-0.25, -0.2) is 4.98 Å². The summed E-state index contributed by atoms with van der Waals surface area (Å²) in [7, 11) is 1.57. The minimum atomic E-state index is -0.240. The molecule has 2 N–H and O–H groups in total. The molecule has 0 radical (unpaired) electrons. The van der Waals surface area contributed by atoms with Crippen LogP contribution >= 0.6 is 0 Å². The Morgan fingerprint density at radius 2 is 1.81 bits per heavy atom. The molecule has 0 bridgehead atoms. The van der Waals surface area contributed by atoms with Gasteiger partial charge in [0.05, 0.1) is 24.1 Å². The number of nitrogens with zero attached hydrogens (tertiary/aromatic N) is 4. The number of hydrogen-bond donors (Lipinski definition) is 1. The third-order valence-electron chi connectivity index (χ3n) is 4.42. The van der Waals surface area contributed by atoms with Crippen LogP contribution in [0.2, 0.25) is 0 Å². The van der Waals surface area contributed by atoms with Crippen LogP contribution in [0, 0.1) is 0 Å². The van der Waals surface area contributed by atoms with E-state index in [2.05, 4.69) is 9.97 Å². The van der Waals surface area contributed by atoms with Crippen LogP contribution in [0.5, 0.6) is 5.75 Å². The molecule has 0 atom stereocenters. The highest BCUT2D eigenvalue weighted by molar-refractivity contribution is 5.98. The predicted molar refractivity (Wildman–Crippen MR) is 96.6 cm³/mol. The van der Waals surface area contributed by atoms with E-state index in [1.54, 1.807) is 47.5 Å². The standard InChI is InChI=1S/C18H21N5O3/c1-12(24)22-7-9-23(10-8-22)18(25)17-14(19)3-4-15(21-17)13-11-20-6-5-16(13)26-2/h3-6,11H,7-10,19H2,1-2H3. The highest BCUT2D eigenvalue weighted by Crippen LogP contribution is 2.28. The number of anilines is 1. The maximum atomic E-state index is 12.9. The number of carbonyl (C=O) groups is 2. The summed E-state index contributed by atoms with van der Waals surface area (Å²) in [4.78, 5) is 36.3. The molecule has 0 unspecified atom stereocenters. The molecule has 2 aromatic rings. The number of pyridine rings is 2. The smallest absolute Gasteiger partial charge is 0.274 e. The lowest BCUT2D eigenvalue weighted by Crippen LogP contribution is -2.50. The van der Waals surface area contributed by atoms with Gasteiger partial charge in [-0.2, -0.15) is 0 Å². The van der Waals surface area contributed by atoms with E-state index in [-0.39, 0.29) is 17.5 Å². The molecule has 8 heteroatoms. The number of aromatic nitrogens is 2. The van der Waals surface area contributed by atoms with Crippen molar-refractivity contribution in [2.45, 2.75) is 6.92 Å². The number of methoxy groups -OCH3 is 1. The van der Waals surface area contributed by atoms with E-state index in [1.165, 1.54) is 6.92 Å². The zero-order valence-electron chi connectivity index (χ0n) is 14.8. The van der Waals surface area contributed by atoms with E-state index in [9.17, 15) is 9.59 Å². The topological polar surface area (TPSA) is 102 Å². The number of carbonyl (C=O) groups excluding carboxylic acids is 2. The third-order valence-corrected chi connectivity index (χ3v) is 4.42. The van der Waals surface area contributed by atoms with Crippen molar-refractivity contribution in [3.8, 4) is 17.0 Å². The van der Waals surface area contributed by atoms with E-state index >= 15 is 0 Å². The Morgan fingerprint density at radius 3 is 2.46 bits per heavy atom. The molecule has 0 aromatic carbocycles.